The van der Waals surface area contributed by atoms with E-state index < -0.39 is 0 Å². The van der Waals surface area contributed by atoms with E-state index >= 15 is 0 Å². The van der Waals surface area contributed by atoms with Crippen molar-refractivity contribution in [2.75, 3.05) is 30.6 Å². The second-order valence-electron chi connectivity index (χ2n) is 6.12. The number of methoxy groups -OCH3 is 2. The van der Waals surface area contributed by atoms with E-state index in [1.54, 1.807) is 48.3 Å². The number of ether oxygens (including phenoxy) is 2. The summed E-state index contributed by atoms with van der Waals surface area (Å²) in [5.41, 5.74) is 1.95. The molecule has 10 heteroatoms. The summed E-state index contributed by atoms with van der Waals surface area (Å²) in [6.07, 6.45) is 1.55. The van der Waals surface area contributed by atoms with E-state index in [9.17, 15) is 9.59 Å². The topological polar surface area (TPSA) is 107 Å². The van der Waals surface area contributed by atoms with Crippen molar-refractivity contribution < 1.29 is 19.1 Å². The van der Waals surface area contributed by atoms with E-state index in [1.807, 2.05) is 12.1 Å². The van der Waals surface area contributed by atoms with Crippen LogP contribution in [0.3, 0.4) is 0 Å². The van der Waals surface area contributed by atoms with Crippen LogP contribution >= 0.6 is 11.8 Å². The van der Waals surface area contributed by atoms with Gasteiger partial charge in [-0.25, -0.2) is 0 Å². The molecule has 2 amide bonds. The molecular weight excluding hydrogens is 406 g/mol. The predicted octanol–water partition coefficient (Wildman–Crippen LogP) is 2.97. The Labute approximate surface area is 177 Å². The number of carbonyl (C=O) groups is 2. The molecule has 0 radical (unpaired) electrons. The second-order valence-corrected chi connectivity index (χ2v) is 7.06. The summed E-state index contributed by atoms with van der Waals surface area (Å²) in [6, 6.07) is 12.4. The quantitative estimate of drug-likeness (QED) is 0.532. The van der Waals surface area contributed by atoms with Gasteiger partial charge in [0.25, 0.3) is 0 Å². The number of hydrogen-bond donors (Lipinski definition) is 2. The predicted molar refractivity (Wildman–Crippen MR) is 115 cm³/mol. The molecule has 156 valence electrons. The van der Waals surface area contributed by atoms with Gasteiger partial charge in [-0.05, 0) is 30.3 Å². The van der Waals surface area contributed by atoms with Gasteiger partial charge in [0, 0.05) is 18.7 Å². The summed E-state index contributed by atoms with van der Waals surface area (Å²) in [6.45, 7) is 1.45. The fourth-order valence-corrected chi connectivity index (χ4v) is 3.39. The number of rotatable bonds is 8. The Morgan fingerprint density at radius 2 is 1.93 bits per heavy atom. The number of amides is 2. The van der Waals surface area contributed by atoms with Gasteiger partial charge in [0.1, 0.15) is 17.8 Å². The Bertz CT molecular complexity index is 1050. The third kappa shape index (κ3) is 5.29. The van der Waals surface area contributed by atoms with Crippen LogP contribution < -0.4 is 20.1 Å². The van der Waals surface area contributed by atoms with Crippen LogP contribution in [0.1, 0.15) is 6.92 Å². The normalized spacial score (nSPS) is 10.4. The Kier molecular flexibility index (Phi) is 6.91. The van der Waals surface area contributed by atoms with Crippen LogP contribution in [0, 0.1) is 0 Å². The van der Waals surface area contributed by atoms with Crippen molar-refractivity contribution in [3.63, 3.8) is 0 Å². The Morgan fingerprint density at radius 3 is 2.67 bits per heavy atom. The molecule has 1 heterocycles. The molecule has 0 aliphatic carbocycles. The van der Waals surface area contributed by atoms with E-state index in [-0.39, 0.29) is 17.6 Å². The van der Waals surface area contributed by atoms with Gasteiger partial charge >= 0.3 is 0 Å². The van der Waals surface area contributed by atoms with Gasteiger partial charge in [-0.3, -0.25) is 14.2 Å². The monoisotopic (exact) mass is 427 g/mol. The number of thioether (sulfide) groups is 1. The van der Waals surface area contributed by atoms with Crippen molar-refractivity contribution in [1.82, 2.24) is 14.8 Å². The summed E-state index contributed by atoms with van der Waals surface area (Å²) >= 11 is 1.24. The van der Waals surface area contributed by atoms with Gasteiger partial charge in [0.2, 0.25) is 11.8 Å². The van der Waals surface area contributed by atoms with Crippen LogP contribution in [0.15, 0.2) is 53.9 Å². The Hall–Kier alpha value is -3.53. The number of hydrogen-bond acceptors (Lipinski definition) is 7. The maximum atomic E-state index is 12.5. The molecule has 0 saturated heterocycles. The van der Waals surface area contributed by atoms with Gasteiger partial charge in [-0.1, -0.05) is 17.8 Å². The smallest absolute Gasteiger partial charge is 0.234 e. The highest BCUT2D eigenvalue weighted by atomic mass is 32.2. The number of aromatic nitrogens is 3. The van der Waals surface area contributed by atoms with Gasteiger partial charge in [-0.15, -0.1) is 10.2 Å². The van der Waals surface area contributed by atoms with Gasteiger partial charge in [-0.2, -0.15) is 0 Å². The first-order valence-electron chi connectivity index (χ1n) is 8.93. The molecule has 0 aliphatic rings. The summed E-state index contributed by atoms with van der Waals surface area (Å²) in [5.74, 6) is 0.873. The highest BCUT2D eigenvalue weighted by Crippen LogP contribution is 2.29. The van der Waals surface area contributed by atoms with E-state index in [0.29, 0.717) is 28.0 Å². The lowest BCUT2D eigenvalue weighted by Gasteiger charge is -2.12. The molecular formula is C20H21N5O4S. The number of benzene rings is 2. The molecule has 0 aliphatic heterocycles. The maximum absolute atomic E-state index is 12.5. The van der Waals surface area contributed by atoms with Crippen molar-refractivity contribution in [3.8, 4) is 17.2 Å². The van der Waals surface area contributed by atoms with Crippen LogP contribution in [0.2, 0.25) is 0 Å². The van der Waals surface area contributed by atoms with Crippen LogP contribution in [0.5, 0.6) is 11.5 Å². The van der Waals surface area contributed by atoms with Crippen molar-refractivity contribution >= 4 is 35.0 Å². The van der Waals surface area contributed by atoms with Crippen LogP contribution in [0.4, 0.5) is 11.4 Å². The van der Waals surface area contributed by atoms with Gasteiger partial charge < -0.3 is 20.1 Å². The van der Waals surface area contributed by atoms with Crippen molar-refractivity contribution in [2.24, 2.45) is 0 Å². The first-order valence-corrected chi connectivity index (χ1v) is 9.91. The zero-order chi connectivity index (χ0) is 21.5. The lowest BCUT2D eigenvalue weighted by atomic mass is 10.2. The van der Waals surface area contributed by atoms with Crippen molar-refractivity contribution in [3.05, 3.63) is 48.8 Å². The highest BCUT2D eigenvalue weighted by Gasteiger charge is 2.13. The largest absolute Gasteiger partial charge is 0.497 e. The summed E-state index contributed by atoms with van der Waals surface area (Å²) in [7, 11) is 3.08. The molecule has 0 atom stereocenters. The lowest BCUT2D eigenvalue weighted by Crippen LogP contribution is -2.15. The standard InChI is InChI=1S/C20H21N5O4S/c1-13(26)22-14-5-4-6-15(9-14)25-12-21-24-20(25)30-11-19(27)23-17-10-16(28-2)7-8-18(17)29-3/h4-10,12H,11H2,1-3H3,(H,22,26)(H,23,27). The Morgan fingerprint density at radius 1 is 1.10 bits per heavy atom. The molecule has 9 nitrogen and oxygen atoms in total. The minimum absolute atomic E-state index is 0.116. The second kappa shape index (κ2) is 9.79. The zero-order valence-corrected chi connectivity index (χ0v) is 17.5. The molecule has 0 saturated carbocycles. The molecule has 0 unspecified atom stereocenters. The molecule has 30 heavy (non-hydrogen) atoms. The number of anilines is 2. The third-order valence-electron chi connectivity index (χ3n) is 3.97. The molecule has 2 aromatic carbocycles. The van der Waals surface area contributed by atoms with Crippen molar-refractivity contribution in [2.45, 2.75) is 12.1 Å². The number of nitrogens with zero attached hydrogens (tertiary/aromatic N) is 3. The van der Waals surface area contributed by atoms with E-state index in [1.165, 1.54) is 25.8 Å². The van der Waals surface area contributed by atoms with Crippen molar-refractivity contribution in [1.29, 1.82) is 0 Å². The SMILES string of the molecule is COc1ccc(OC)c(NC(=O)CSc2nncn2-c2cccc(NC(C)=O)c2)c1. The molecule has 3 aromatic rings. The van der Waals surface area contributed by atoms with Gasteiger partial charge in [0.05, 0.1) is 31.3 Å². The van der Waals surface area contributed by atoms with Crippen LogP contribution in [-0.2, 0) is 9.59 Å². The Balaban J connectivity index is 1.69. The molecule has 0 fully saturated rings. The minimum atomic E-state index is -0.229. The first-order chi connectivity index (χ1) is 14.5. The molecule has 0 bridgehead atoms. The molecule has 3 rings (SSSR count). The first kappa shape index (κ1) is 21.2. The fourth-order valence-electron chi connectivity index (χ4n) is 2.66. The van der Waals surface area contributed by atoms with Crippen LogP contribution in [0.25, 0.3) is 5.69 Å². The molecule has 1 aromatic heterocycles. The minimum Gasteiger partial charge on any atom is -0.497 e. The summed E-state index contributed by atoms with van der Waals surface area (Å²) in [5, 5.41) is 14.1. The highest BCUT2D eigenvalue weighted by molar-refractivity contribution is 7.99. The zero-order valence-electron chi connectivity index (χ0n) is 16.7. The average molecular weight is 427 g/mol. The third-order valence-corrected chi connectivity index (χ3v) is 4.92. The van der Waals surface area contributed by atoms with E-state index in [0.717, 1.165) is 5.69 Å². The van der Waals surface area contributed by atoms with Gasteiger partial charge in [0.15, 0.2) is 5.16 Å². The lowest BCUT2D eigenvalue weighted by molar-refractivity contribution is -0.114. The number of nitrogens with one attached hydrogen (secondary N) is 2. The summed E-state index contributed by atoms with van der Waals surface area (Å²) in [4.78, 5) is 23.7. The van der Waals surface area contributed by atoms with Crippen LogP contribution in [-0.4, -0.2) is 46.6 Å². The average Bonchev–Trinajstić information content (AvgIpc) is 3.20. The number of carbonyl (C=O) groups excluding carboxylic acids is 2. The molecule has 0 spiro atoms. The van der Waals surface area contributed by atoms with E-state index in [2.05, 4.69) is 20.8 Å². The summed E-state index contributed by atoms with van der Waals surface area (Å²) < 4.78 is 12.2. The fraction of sp³-hybridized carbons (Fsp3) is 0.200. The maximum Gasteiger partial charge on any atom is 0.234 e. The molecule has 2 N–H and O–H groups in total. The van der Waals surface area contributed by atoms with E-state index in [4.69, 9.17) is 9.47 Å².